The number of amides is 1. The minimum absolute atomic E-state index is 0.0419. The van der Waals surface area contributed by atoms with E-state index in [1.807, 2.05) is 4.90 Å². The van der Waals surface area contributed by atoms with Crippen LogP contribution < -0.4 is 5.56 Å². The predicted molar refractivity (Wildman–Crippen MR) is 94.1 cm³/mol. The van der Waals surface area contributed by atoms with Gasteiger partial charge in [0.15, 0.2) is 5.65 Å². The zero-order chi connectivity index (χ0) is 17.4. The SMILES string of the molecule is Cn1ncc2c(=O)n(CC(=O)N3CCCC3C3CCCCC3)cnc21. The molecule has 0 spiro atoms. The predicted octanol–water partition coefficient (Wildman–Crippen LogP) is 1.70. The van der Waals surface area contributed by atoms with E-state index in [-0.39, 0.29) is 18.0 Å². The summed E-state index contributed by atoms with van der Waals surface area (Å²) in [5.74, 6) is 0.677. The van der Waals surface area contributed by atoms with E-state index < -0.39 is 0 Å². The fourth-order valence-corrected chi connectivity index (χ4v) is 4.53. The maximum absolute atomic E-state index is 12.9. The van der Waals surface area contributed by atoms with Gasteiger partial charge in [-0.15, -0.1) is 0 Å². The van der Waals surface area contributed by atoms with Crippen LogP contribution >= 0.6 is 0 Å². The standard InChI is InChI=1S/C18H25N5O2/c1-21-17-14(10-20-21)18(25)22(12-19-17)11-16(24)23-9-5-8-15(23)13-6-3-2-4-7-13/h10,12-13,15H,2-9,11H2,1H3. The topological polar surface area (TPSA) is 73.0 Å². The van der Waals surface area contributed by atoms with Crippen LogP contribution in [0, 0.1) is 5.92 Å². The van der Waals surface area contributed by atoms with E-state index in [1.54, 1.807) is 11.7 Å². The third-order valence-electron chi connectivity index (χ3n) is 5.84. The van der Waals surface area contributed by atoms with Crippen LogP contribution in [0.5, 0.6) is 0 Å². The molecule has 1 aliphatic carbocycles. The Morgan fingerprint density at radius 2 is 2.00 bits per heavy atom. The molecule has 4 rings (SSSR count). The lowest BCUT2D eigenvalue weighted by Crippen LogP contribution is -2.43. The Morgan fingerprint density at radius 3 is 2.80 bits per heavy atom. The molecule has 1 saturated heterocycles. The van der Waals surface area contributed by atoms with Gasteiger partial charge < -0.3 is 4.90 Å². The highest BCUT2D eigenvalue weighted by Crippen LogP contribution is 2.34. The molecule has 2 aromatic rings. The molecule has 1 atom stereocenters. The van der Waals surface area contributed by atoms with E-state index in [1.165, 1.54) is 49.2 Å². The lowest BCUT2D eigenvalue weighted by molar-refractivity contribution is -0.133. The number of aryl methyl sites for hydroxylation is 1. The van der Waals surface area contributed by atoms with Gasteiger partial charge in [0, 0.05) is 19.6 Å². The van der Waals surface area contributed by atoms with Crippen LogP contribution in [0.15, 0.2) is 17.3 Å². The number of fused-ring (bicyclic) bond motifs is 1. The average molecular weight is 343 g/mol. The minimum atomic E-state index is -0.195. The molecule has 1 amide bonds. The first kappa shape index (κ1) is 16.3. The van der Waals surface area contributed by atoms with Crippen LogP contribution in [0.25, 0.3) is 11.0 Å². The van der Waals surface area contributed by atoms with Gasteiger partial charge in [0.2, 0.25) is 5.91 Å². The first-order valence-corrected chi connectivity index (χ1v) is 9.32. The second-order valence-corrected chi connectivity index (χ2v) is 7.38. The summed E-state index contributed by atoms with van der Waals surface area (Å²) in [4.78, 5) is 31.8. The second-order valence-electron chi connectivity index (χ2n) is 7.38. The van der Waals surface area contributed by atoms with Gasteiger partial charge in [-0.2, -0.15) is 5.10 Å². The van der Waals surface area contributed by atoms with E-state index in [0.717, 1.165) is 19.4 Å². The van der Waals surface area contributed by atoms with Crippen molar-refractivity contribution in [3.05, 3.63) is 22.9 Å². The Kier molecular flexibility index (Phi) is 4.31. The molecule has 0 bridgehead atoms. The summed E-state index contributed by atoms with van der Waals surface area (Å²) in [5, 5.41) is 4.53. The summed E-state index contributed by atoms with van der Waals surface area (Å²) >= 11 is 0. The van der Waals surface area contributed by atoms with Crippen molar-refractivity contribution in [1.29, 1.82) is 0 Å². The number of aromatic nitrogens is 4. The van der Waals surface area contributed by atoms with Crippen LogP contribution in [-0.2, 0) is 18.4 Å². The molecule has 2 fully saturated rings. The van der Waals surface area contributed by atoms with E-state index in [9.17, 15) is 9.59 Å². The Hall–Kier alpha value is -2.18. The fraction of sp³-hybridized carbons (Fsp3) is 0.667. The van der Waals surface area contributed by atoms with Gasteiger partial charge in [-0.05, 0) is 31.6 Å². The van der Waals surface area contributed by atoms with Gasteiger partial charge in [-0.1, -0.05) is 19.3 Å². The maximum atomic E-state index is 12.9. The molecule has 7 nitrogen and oxygen atoms in total. The summed E-state index contributed by atoms with van der Waals surface area (Å²) in [6.45, 7) is 0.886. The van der Waals surface area contributed by atoms with Gasteiger partial charge in [0.05, 0.1) is 6.20 Å². The molecule has 0 N–H and O–H groups in total. The van der Waals surface area contributed by atoms with Crippen LogP contribution in [-0.4, -0.2) is 42.7 Å². The Bertz CT molecular complexity index is 834. The summed E-state index contributed by atoms with van der Waals surface area (Å²) in [7, 11) is 1.75. The maximum Gasteiger partial charge on any atom is 0.264 e. The highest BCUT2D eigenvalue weighted by molar-refractivity contribution is 5.78. The lowest BCUT2D eigenvalue weighted by atomic mass is 9.83. The first-order valence-electron chi connectivity index (χ1n) is 9.32. The molecule has 1 unspecified atom stereocenters. The van der Waals surface area contributed by atoms with E-state index in [0.29, 0.717) is 23.0 Å². The molecule has 25 heavy (non-hydrogen) atoms. The average Bonchev–Trinajstić information content (AvgIpc) is 3.26. The van der Waals surface area contributed by atoms with Crippen molar-refractivity contribution in [2.24, 2.45) is 13.0 Å². The molecular weight excluding hydrogens is 318 g/mol. The van der Waals surface area contributed by atoms with Crippen LogP contribution in [0.2, 0.25) is 0 Å². The van der Waals surface area contributed by atoms with Crippen LogP contribution in [0.1, 0.15) is 44.9 Å². The van der Waals surface area contributed by atoms with Crippen molar-refractivity contribution < 1.29 is 4.79 Å². The normalized spacial score (nSPS) is 22.0. The van der Waals surface area contributed by atoms with Crippen LogP contribution in [0.4, 0.5) is 0 Å². The lowest BCUT2D eigenvalue weighted by Gasteiger charge is -2.34. The fourth-order valence-electron chi connectivity index (χ4n) is 4.53. The second kappa shape index (κ2) is 6.61. The zero-order valence-electron chi connectivity index (χ0n) is 14.7. The number of nitrogens with zero attached hydrogens (tertiary/aromatic N) is 5. The minimum Gasteiger partial charge on any atom is -0.338 e. The third kappa shape index (κ3) is 2.96. The third-order valence-corrected chi connectivity index (χ3v) is 5.84. The molecule has 1 aliphatic heterocycles. The summed E-state index contributed by atoms with van der Waals surface area (Å²) in [6.07, 6.45) is 11.5. The molecule has 2 aliphatic rings. The molecule has 3 heterocycles. The van der Waals surface area contributed by atoms with E-state index in [2.05, 4.69) is 10.1 Å². The van der Waals surface area contributed by atoms with Crippen molar-refractivity contribution in [1.82, 2.24) is 24.2 Å². The molecule has 1 saturated carbocycles. The van der Waals surface area contributed by atoms with Crippen molar-refractivity contribution >= 4 is 16.9 Å². The Morgan fingerprint density at radius 1 is 1.20 bits per heavy atom. The highest BCUT2D eigenvalue weighted by atomic mass is 16.2. The zero-order valence-corrected chi connectivity index (χ0v) is 14.7. The molecule has 134 valence electrons. The van der Waals surface area contributed by atoms with Gasteiger partial charge in [0.25, 0.3) is 5.56 Å². The summed E-state index contributed by atoms with van der Waals surface area (Å²) in [6, 6.07) is 0.360. The Balaban J connectivity index is 1.53. The number of likely N-dealkylation sites (tertiary alicyclic amines) is 1. The quantitative estimate of drug-likeness (QED) is 0.850. The monoisotopic (exact) mass is 343 g/mol. The summed E-state index contributed by atoms with van der Waals surface area (Å²) in [5.41, 5.74) is 0.356. The smallest absolute Gasteiger partial charge is 0.264 e. The molecule has 0 aromatic carbocycles. The van der Waals surface area contributed by atoms with Crippen LogP contribution in [0.3, 0.4) is 0 Å². The largest absolute Gasteiger partial charge is 0.338 e. The van der Waals surface area contributed by atoms with Gasteiger partial charge in [-0.3, -0.25) is 18.8 Å². The molecule has 7 heteroatoms. The van der Waals surface area contributed by atoms with E-state index >= 15 is 0 Å². The number of hydrogen-bond acceptors (Lipinski definition) is 4. The van der Waals surface area contributed by atoms with Crippen molar-refractivity contribution in [2.45, 2.75) is 57.5 Å². The van der Waals surface area contributed by atoms with E-state index in [4.69, 9.17) is 0 Å². The summed E-state index contributed by atoms with van der Waals surface area (Å²) < 4.78 is 2.99. The van der Waals surface area contributed by atoms with Crippen molar-refractivity contribution in [3.8, 4) is 0 Å². The number of hydrogen-bond donors (Lipinski definition) is 0. The van der Waals surface area contributed by atoms with Crippen molar-refractivity contribution in [3.63, 3.8) is 0 Å². The Labute approximate surface area is 146 Å². The van der Waals surface area contributed by atoms with Gasteiger partial charge >= 0.3 is 0 Å². The molecule has 0 radical (unpaired) electrons. The number of carbonyl (C=O) groups excluding carboxylic acids is 1. The van der Waals surface area contributed by atoms with Gasteiger partial charge in [0.1, 0.15) is 18.3 Å². The van der Waals surface area contributed by atoms with Crippen molar-refractivity contribution in [2.75, 3.05) is 6.54 Å². The molecular formula is C18H25N5O2. The number of rotatable bonds is 3. The first-order chi connectivity index (χ1) is 12.1. The highest BCUT2D eigenvalue weighted by Gasteiger charge is 2.35. The van der Waals surface area contributed by atoms with Gasteiger partial charge in [-0.25, -0.2) is 4.98 Å². The number of carbonyl (C=O) groups is 1. The molecule has 2 aromatic heterocycles.